The van der Waals surface area contributed by atoms with Crippen molar-refractivity contribution in [3.63, 3.8) is 0 Å². The quantitative estimate of drug-likeness (QED) is 0.754. The fourth-order valence-corrected chi connectivity index (χ4v) is 4.35. The number of hydrogen-bond donors (Lipinski definition) is 3. The zero-order chi connectivity index (χ0) is 19.8. The van der Waals surface area contributed by atoms with Gasteiger partial charge in [0.05, 0.1) is 11.4 Å². The van der Waals surface area contributed by atoms with Gasteiger partial charge in [-0.2, -0.15) is 0 Å². The van der Waals surface area contributed by atoms with E-state index in [1.165, 1.54) is 6.07 Å². The minimum Gasteiger partial charge on any atom is -0.356 e. The number of aromatic amines is 1. The van der Waals surface area contributed by atoms with E-state index >= 15 is 0 Å². The van der Waals surface area contributed by atoms with Gasteiger partial charge in [0, 0.05) is 42.8 Å². The first-order valence-corrected chi connectivity index (χ1v) is 9.71. The Morgan fingerprint density at radius 3 is 2.93 bits per heavy atom. The largest absolute Gasteiger partial charge is 0.356 e. The second kappa shape index (κ2) is 7.41. The maximum absolute atomic E-state index is 13.9. The summed E-state index contributed by atoms with van der Waals surface area (Å²) in [5.74, 6) is -1.36. The lowest BCUT2D eigenvalue weighted by atomic mass is 9.99. The first-order valence-electron chi connectivity index (χ1n) is 9.71. The average molecular weight is 390 g/mol. The molecule has 0 unspecified atom stereocenters. The zero-order valence-electron chi connectivity index (χ0n) is 15.8. The SMILES string of the molecule is Cc1[nH]c2c(F)cc(F)cc2c1CCNC(=O)N1C[C@@H]2CCC[C@H](C1)C(=O)N2. The number of halogens is 2. The second-order valence-corrected chi connectivity index (χ2v) is 7.76. The summed E-state index contributed by atoms with van der Waals surface area (Å²) >= 11 is 0. The number of likely N-dealkylation sites (tertiary alicyclic amines) is 1. The van der Waals surface area contributed by atoms with Crippen LogP contribution < -0.4 is 10.6 Å². The van der Waals surface area contributed by atoms with E-state index in [1.54, 1.807) is 4.90 Å². The van der Waals surface area contributed by atoms with Crippen molar-refractivity contribution in [3.8, 4) is 0 Å². The van der Waals surface area contributed by atoms with Gasteiger partial charge >= 0.3 is 6.03 Å². The van der Waals surface area contributed by atoms with Crippen molar-refractivity contribution < 1.29 is 18.4 Å². The van der Waals surface area contributed by atoms with Crippen molar-refractivity contribution in [1.82, 2.24) is 20.5 Å². The predicted molar refractivity (Wildman–Crippen MR) is 101 cm³/mol. The Hall–Kier alpha value is -2.64. The normalized spacial score (nSPS) is 22.1. The first kappa shape index (κ1) is 18.7. The van der Waals surface area contributed by atoms with Crippen molar-refractivity contribution in [2.45, 2.75) is 38.6 Å². The molecule has 2 aliphatic heterocycles. The zero-order valence-corrected chi connectivity index (χ0v) is 15.8. The van der Waals surface area contributed by atoms with Crippen LogP contribution in [0.4, 0.5) is 13.6 Å². The van der Waals surface area contributed by atoms with Gasteiger partial charge in [-0.1, -0.05) is 6.42 Å². The third-order valence-corrected chi connectivity index (χ3v) is 5.79. The van der Waals surface area contributed by atoms with E-state index in [4.69, 9.17) is 0 Å². The number of carbonyl (C=O) groups is 2. The van der Waals surface area contributed by atoms with Gasteiger partial charge in [-0.3, -0.25) is 4.79 Å². The summed E-state index contributed by atoms with van der Waals surface area (Å²) in [4.78, 5) is 29.4. The lowest BCUT2D eigenvalue weighted by Crippen LogP contribution is -2.46. The molecule has 4 rings (SSSR count). The van der Waals surface area contributed by atoms with Gasteiger partial charge in [0.25, 0.3) is 0 Å². The average Bonchev–Trinajstić information content (AvgIpc) is 2.75. The van der Waals surface area contributed by atoms with Gasteiger partial charge in [0.15, 0.2) is 0 Å². The monoisotopic (exact) mass is 390 g/mol. The van der Waals surface area contributed by atoms with Crippen LogP contribution in [0.5, 0.6) is 0 Å². The van der Waals surface area contributed by atoms with Crippen LogP contribution in [0.1, 0.15) is 30.5 Å². The fraction of sp³-hybridized carbons (Fsp3) is 0.500. The Labute approximate surface area is 161 Å². The Kier molecular flexibility index (Phi) is 4.95. The summed E-state index contributed by atoms with van der Waals surface area (Å²) in [7, 11) is 0. The summed E-state index contributed by atoms with van der Waals surface area (Å²) in [5, 5.41) is 6.40. The first-order chi connectivity index (χ1) is 13.4. The Morgan fingerprint density at radius 1 is 1.29 bits per heavy atom. The van der Waals surface area contributed by atoms with Crippen LogP contribution in [0.15, 0.2) is 12.1 Å². The standard InChI is InChI=1S/C20H24F2N4O2/c1-11-15(16-7-13(21)8-17(22)18(16)24-11)5-6-23-20(28)26-9-12-3-2-4-14(10-26)25-19(12)27/h7-8,12,14,24H,2-6,9-10H2,1H3,(H,23,28)(H,25,27)/t12-,14+/m1/s1. The van der Waals surface area contributed by atoms with Gasteiger partial charge in [-0.05, 0) is 37.8 Å². The molecule has 2 bridgehead atoms. The summed E-state index contributed by atoms with van der Waals surface area (Å²) in [6, 6.07) is 1.97. The molecule has 2 atom stereocenters. The van der Waals surface area contributed by atoms with E-state index in [0.717, 1.165) is 36.6 Å². The molecular weight excluding hydrogens is 366 g/mol. The van der Waals surface area contributed by atoms with Gasteiger partial charge in [0.2, 0.25) is 5.91 Å². The summed E-state index contributed by atoms with van der Waals surface area (Å²) in [5.41, 5.74) is 1.83. The fourth-order valence-electron chi connectivity index (χ4n) is 4.35. The van der Waals surface area contributed by atoms with Crippen LogP contribution in [0.25, 0.3) is 10.9 Å². The molecule has 8 heteroatoms. The van der Waals surface area contributed by atoms with Gasteiger partial charge in [0.1, 0.15) is 11.6 Å². The van der Waals surface area contributed by atoms with E-state index in [2.05, 4.69) is 15.6 Å². The molecule has 150 valence electrons. The molecule has 3 heterocycles. The number of fused-ring (bicyclic) bond motifs is 4. The van der Waals surface area contributed by atoms with Crippen LogP contribution in [0, 0.1) is 24.5 Å². The number of nitrogens with one attached hydrogen (secondary N) is 3. The number of benzene rings is 1. The maximum Gasteiger partial charge on any atom is 0.317 e. The topological polar surface area (TPSA) is 77.2 Å². The number of aromatic nitrogens is 1. The second-order valence-electron chi connectivity index (χ2n) is 7.76. The molecule has 2 aromatic rings. The maximum atomic E-state index is 13.9. The number of H-pyrrole nitrogens is 1. The third-order valence-electron chi connectivity index (χ3n) is 5.79. The highest BCUT2D eigenvalue weighted by Crippen LogP contribution is 2.26. The molecule has 0 radical (unpaired) electrons. The van der Waals surface area contributed by atoms with Gasteiger partial charge in [-0.15, -0.1) is 0 Å². The lowest BCUT2D eigenvalue weighted by molar-refractivity contribution is -0.124. The van der Waals surface area contributed by atoms with E-state index in [-0.39, 0.29) is 29.4 Å². The predicted octanol–water partition coefficient (Wildman–Crippen LogP) is 2.61. The Balaban J connectivity index is 1.42. The minimum absolute atomic E-state index is 0.00700. The molecule has 2 fully saturated rings. The number of urea groups is 1. The highest BCUT2D eigenvalue weighted by molar-refractivity contribution is 5.85. The molecule has 3 N–H and O–H groups in total. The van der Waals surface area contributed by atoms with E-state index in [9.17, 15) is 18.4 Å². The summed E-state index contributed by atoms with van der Waals surface area (Å²) < 4.78 is 27.5. The van der Waals surface area contributed by atoms with Crippen molar-refractivity contribution >= 4 is 22.8 Å². The molecule has 1 aromatic heterocycles. The van der Waals surface area contributed by atoms with Crippen LogP contribution >= 0.6 is 0 Å². The van der Waals surface area contributed by atoms with Crippen molar-refractivity contribution in [1.29, 1.82) is 0 Å². The molecule has 3 amide bonds. The number of hydrogen-bond acceptors (Lipinski definition) is 2. The highest BCUT2D eigenvalue weighted by Gasteiger charge is 2.34. The molecule has 0 saturated carbocycles. The number of amides is 3. The molecule has 1 aromatic carbocycles. The van der Waals surface area contributed by atoms with Crippen molar-refractivity contribution in [2.75, 3.05) is 19.6 Å². The molecule has 0 spiro atoms. The van der Waals surface area contributed by atoms with Crippen molar-refractivity contribution in [2.24, 2.45) is 5.92 Å². The molecule has 6 nitrogen and oxygen atoms in total. The minimum atomic E-state index is -0.623. The van der Waals surface area contributed by atoms with Crippen LogP contribution in [-0.4, -0.2) is 47.5 Å². The van der Waals surface area contributed by atoms with Crippen molar-refractivity contribution in [3.05, 3.63) is 35.0 Å². The Bertz CT molecular complexity index is 927. The smallest absolute Gasteiger partial charge is 0.317 e. The Morgan fingerprint density at radius 2 is 2.11 bits per heavy atom. The molecule has 0 aliphatic carbocycles. The highest BCUT2D eigenvalue weighted by atomic mass is 19.1. The number of carbonyl (C=O) groups excluding carboxylic acids is 2. The van der Waals surface area contributed by atoms with Crippen LogP contribution in [-0.2, 0) is 11.2 Å². The third kappa shape index (κ3) is 3.55. The van der Waals surface area contributed by atoms with Crippen LogP contribution in [0.3, 0.4) is 0 Å². The summed E-state index contributed by atoms with van der Waals surface area (Å²) in [6.45, 7) is 3.09. The van der Waals surface area contributed by atoms with Gasteiger partial charge < -0.3 is 20.5 Å². The number of rotatable bonds is 3. The molecular formula is C20H24F2N4O2. The summed E-state index contributed by atoms with van der Waals surface area (Å²) in [6.07, 6.45) is 3.14. The number of nitrogens with zero attached hydrogens (tertiary/aromatic N) is 1. The van der Waals surface area contributed by atoms with E-state index in [0.29, 0.717) is 31.4 Å². The molecule has 2 saturated heterocycles. The molecule has 2 aliphatic rings. The lowest BCUT2D eigenvalue weighted by Gasteiger charge is -2.27. The van der Waals surface area contributed by atoms with Crippen LogP contribution in [0.2, 0.25) is 0 Å². The molecule has 28 heavy (non-hydrogen) atoms. The van der Waals surface area contributed by atoms with Gasteiger partial charge in [-0.25, -0.2) is 13.6 Å². The number of aryl methyl sites for hydroxylation is 1. The van der Waals surface area contributed by atoms with E-state index < -0.39 is 11.6 Å². The van der Waals surface area contributed by atoms with E-state index in [1.807, 2.05) is 6.92 Å².